The Morgan fingerprint density at radius 3 is 2.54 bits per heavy atom. The third-order valence-corrected chi connectivity index (χ3v) is 5.83. The van der Waals surface area contributed by atoms with Crippen LogP contribution in [0.15, 0.2) is 90.3 Å². The van der Waals surface area contributed by atoms with E-state index in [9.17, 15) is 5.26 Å². The SMILES string of the molecule is CCOc1ccc(-c2[nH]nc3c2C(c2cccc(OCc4ccccc4)c2)C(C#N)=C(N)O3)cc1. The Hall–Kier alpha value is -4.70. The smallest absolute Gasteiger partial charge is 0.244 e. The second-order valence-electron chi connectivity index (χ2n) is 8.05. The van der Waals surface area contributed by atoms with Crippen molar-refractivity contribution in [2.24, 2.45) is 5.73 Å². The van der Waals surface area contributed by atoms with Crippen molar-refractivity contribution in [2.75, 3.05) is 6.61 Å². The fraction of sp³-hybridized carbons (Fsp3) is 0.143. The zero-order valence-electron chi connectivity index (χ0n) is 19.2. The molecule has 3 aromatic carbocycles. The van der Waals surface area contributed by atoms with Gasteiger partial charge in [0.1, 0.15) is 29.7 Å². The number of nitrogens with zero attached hydrogens (tertiary/aromatic N) is 2. The summed E-state index contributed by atoms with van der Waals surface area (Å²) >= 11 is 0. The maximum atomic E-state index is 9.99. The number of H-pyrrole nitrogens is 1. The van der Waals surface area contributed by atoms with E-state index in [1.54, 1.807) is 0 Å². The average Bonchev–Trinajstić information content (AvgIpc) is 3.31. The summed E-state index contributed by atoms with van der Waals surface area (Å²) in [6, 6.07) is 27.6. The first-order chi connectivity index (χ1) is 17.2. The zero-order chi connectivity index (χ0) is 24.2. The molecule has 0 radical (unpaired) electrons. The summed E-state index contributed by atoms with van der Waals surface area (Å²) in [6.45, 7) is 2.97. The monoisotopic (exact) mass is 464 g/mol. The molecule has 3 N–H and O–H groups in total. The molecule has 0 saturated carbocycles. The summed E-state index contributed by atoms with van der Waals surface area (Å²) < 4.78 is 17.3. The van der Waals surface area contributed by atoms with E-state index in [-0.39, 0.29) is 5.88 Å². The molecule has 7 nitrogen and oxygen atoms in total. The predicted molar refractivity (Wildman–Crippen MR) is 132 cm³/mol. The molecule has 1 atom stereocenters. The van der Waals surface area contributed by atoms with Crippen LogP contribution in [-0.2, 0) is 6.61 Å². The minimum absolute atomic E-state index is 0.0466. The van der Waals surface area contributed by atoms with Gasteiger partial charge in [-0.15, -0.1) is 5.10 Å². The van der Waals surface area contributed by atoms with Gasteiger partial charge >= 0.3 is 0 Å². The lowest BCUT2D eigenvalue weighted by molar-refractivity contribution is 0.306. The number of nitrogens with one attached hydrogen (secondary N) is 1. The molecule has 0 bridgehead atoms. The second-order valence-corrected chi connectivity index (χ2v) is 8.05. The van der Waals surface area contributed by atoms with Gasteiger partial charge in [-0.05, 0) is 54.4 Å². The maximum Gasteiger partial charge on any atom is 0.244 e. The Bertz CT molecular complexity index is 1400. The number of benzene rings is 3. The summed E-state index contributed by atoms with van der Waals surface area (Å²) in [5, 5.41) is 17.4. The van der Waals surface area contributed by atoms with Crippen molar-refractivity contribution in [3.05, 3.63) is 107 Å². The van der Waals surface area contributed by atoms with Gasteiger partial charge in [0.15, 0.2) is 0 Å². The van der Waals surface area contributed by atoms with Crippen molar-refractivity contribution in [3.63, 3.8) is 0 Å². The van der Waals surface area contributed by atoms with E-state index in [4.69, 9.17) is 19.9 Å². The summed E-state index contributed by atoms with van der Waals surface area (Å²) in [4.78, 5) is 0. The van der Waals surface area contributed by atoms with E-state index in [1.165, 1.54) is 0 Å². The number of hydrogen-bond donors (Lipinski definition) is 2. The van der Waals surface area contributed by atoms with E-state index in [2.05, 4.69) is 16.3 Å². The molecule has 0 aliphatic carbocycles. The number of ether oxygens (including phenoxy) is 3. The molecule has 35 heavy (non-hydrogen) atoms. The summed E-state index contributed by atoms with van der Waals surface area (Å²) in [7, 11) is 0. The number of fused-ring (bicyclic) bond motifs is 1. The van der Waals surface area contributed by atoms with E-state index in [1.807, 2.05) is 85.8 Å². The minimum Gasteiger partial charge on any atom is -0.494 e. The van der Waals surface area contributed by atoms with Gasteiger partial charge in [0.05, 0.1) is 23.8 Å². The highest BCUT2D eigenvalue weighted by molar-refractivity contribution is 5.71. The number of rotatable bonds is 7. The molecule has 0 fully saturated rings. The predicted octanol–water partition coefficient (Wildman–Crippen LogP) is 5.27. The molecule has 1 aromatic heterocycles. The van der Waals surface area contributed by atoms with Gasteiger partial charge in [0.25, 0.3) is 0 Å². The van der Waals surface area contributed by atoms with Crippen LogP contribution in [0.5, 0.6) is 17.4 Å². The molecule has 1 unspecified atom stereocenters. The lowest BCUT2D eigenvalue weighted by Crippen LogP contribution is -2.21. The van der Waals surface area contributed by atoms with Crippen LogP contribution in [0.3, 0.4) is 0 Å². The van der Waals surface area contributed by atoms with E-state index < -0.39 is 5.92 Å². The molecule has 0 saturated heterocycles. The quantitative estimate of drug-likeness (QED) is 0.386. The van der Waals surface area contributed by atoms with Crippen LogP contribution >= 0.6 is 0 Å². The Balaban J connectivity index is 1.53. The van der Waals surface area contributed by atoms with E-state index in [0.717, 1.165) is 33.7 Å². The number of nitrogens with two attached hydrogens (primary N) is 1. The highest BCUT2D eigenvalue weighted by Crippen LogP contribution is 2.46. The topological polar surface area (TPSA) is 106 Å². The van der Waals surface area contributed by atoms with Crippen molar-refractivity contribution in [1.82, 2.24) is 10.2 Å². The van der Waals surface area contributed by atoms with Gasteiger partial charge in [0.2, 0.25) is 11.8 Å². The van der Waals surface area contributed by atoms with Crippen LogP contribution in [0, 0.1) is 11.3 Å². The van der Waals surface area contributed by atoms with E-state index in [0.29, 0.717) is 30.4 Å². The molecular weight excluding hydrogens is 440 g/mol. The Labute approximate surface area is 203 Å². The molecule has 5 rings (SSSR count). The van der Waals surface area contributed by atoms with Crippen molar-refractivity contribution >= 4 is 0 Å². The normalized spacial score (nSPS) is 14.6. The average molecular weight is 465 g/mol. The van der Waals surface area contributed by atoms with Crippen LogP contribution in [0.4, 0.5) is 0 Å². The van der Waals surface area contributed by atoms with Gasteiger partial charge in [-0.3, -0.25) is 5.10 Å². The van der Waals surface area contributed by atoms with Gasteiger partial charge in [-0.1, -0.05) is 42.5 Å². The molecule has 0 spiro atoms. The zero-order valence-corrected chi connectivity index (χ0v) is 19.2. The Morgan fingerprint density at radius 2 is 1.80 bits per heavy atom. The van der Waals surface area contributed by atoms with Gasteiger partial charge in [0, 0.05) is 5.56 Å². The standard InChI is InChI=1S/C28H24N4O3/c1-2-33-21-13-11-19(12-14-21)26-25-24(23(16-29)27(30)35-28(25)32-31-26)20-9-6-10-22(15-20)34-17-18-7-4-3-5-8-18/h3-15,24H,2,17,30H2,1H3,(H,31,32). The molecule has 4 aromatic rings. The van der Waals surface area contributed by atoms with Crippen molar-refractivity contribution in [3.8, 4) is 34.7 Å². The van der Waals surface area contributed by atoms with Crippen molar-refractivity contribution in [2.45, 2.75) is 19.4 Å². The maximum absolute atomic E-state index is 9.99. The molecule has 2 heterocycles. The number of aromatic nitrogens is 2. The fourth-order valence-corrected chi connectivity index (χ4v) is 4.21. The lowest BCUT2D eigenvalue weighted by atomic mass is 9.83. The first-order valence-corrected chi connectivity index (χ1v) is 11.3. The van der Waals surface area contributed by atoms with Crippen molar-refractivity contribution < 1.29 is 14.2 Å². The number of allylic oxidation sites excluding steroid dienone is 1. The molecular formula is C28H24N4O3. The highest BCUT2D eigenvalue weighted by Gasteiger charge is 2.35. The second kappa shape index (κ2) is 9.65. The van der Waals surface area contributed by atoms with Crippen molar-refractivity contribution in [1.29, 1.82) is 5.26 Å². The number of hydrogen-bond acceptors (Lipinski definition) is 6. The highest BCUT2D eigenvalue weighted by atomic mass is 16.5. The molecule has 174 valence electrons. The summed E-state index contributed by atoms with van der Waals surface area (Å²) in [5.41, 5.74) is 10.8. The van der Waals surface area contributed by atoms with Gasteiger partial charge in [-0.25, -0.2) is 0 Å². The van der Waals surface area contributed by atoms with Crippen LogP contribution in [0.2, 0.25) is 0 Å². The number of aromatic amines is 1. The molecule has 0 amide bonds. The summed E-state index contributed by atoms with van der Waals surface area (Å²) in [5.74, 6) is 1.41. The lowest BCUT2D eigenvalue weighted by Gasteiger charge is -2.24. The van der Waals surface area contributed by atoms with E-state index >= 15 is 0 Å². The van der Waals surface area contributed by atoms with Gasteiger partial charge < -0.3 is 19.9 Å². The largest absolute Gasteiger partial charge is 0.494 e. The Morgan fingerprint density at radius 1 is 1.00 bits per heavy atom. The van der Waals surface area contributed by atoms with Crippen LogP contribution in [0.25, 0.3) is 11.3 Å². The third kappa shape index (κ3) is 4.42. The first kappa shape index (κ1) is 22.1. The molecule has 1 aliphatic heterocycles. The van der Waals surface area contributed by atoms with Gasteiger partial charge in [-0.2, -0.15) is 5.26 Å². The molecule has 1 aliphatic rings. The van der Waals surface area contributed by atoms with Crippen LogP contribution in [0.1, 0.15) is 29.5 Å². The summed E-state index contributed by atoms with van der Waals surface area (Å²) in [6.07, 6.45) is 0. The van der Waals surface area contributed by atoms with Crippen LogP contribution < -0.4 is 19.9 Å². The molecule has 7 heteroatoms. The minimum atomic E-state index is -0.468. The number of nitriles is 1. The first-order valence-electron chi connectivity index (χ1n) is 11.3. The van der Waals surface area contributed by atoms with Crippen LogP contribution in [-0.4, -0.2) is 16.8 Å². The fourth-order valence-electron chi connectivity index (χ4n) is 4.21. The Kier molecular flexibility index (Phi) is 6.10. The third-order valence-electron chi connectivity index (χ3n) is 5.83.